The van der Waals surface area contributed by atoms with E-state index in [0.29, 0.717) is 23.0 Å². The van der Waals surface area contributed by atoms with E-state index in [0.717, 1.165) is 6.07 Å². The van der Waals surface area contributed by atoms with Crippen molar-refractivity contribution in [1.82, 2.24) is 0 Å². The summed E-state index contributed by atoms with van der Waals surface area (Å²) in [6, 6.07) is 10.4. The number of hydrogen-bond acceptors (Lipinski definition) is 3. The van der Waals surface area contributed by atoms with Gasteiger partial charge in [0, 0.05) is 5.56 Å². The molecule has 0 saturated carbocycles. The van der Waals surface area contributed by atoms with Crippen LogP contribution in [0.2, 0.25) is 0 Å². The molecule has 0 heterocycles. The van der Waals surface area contributed by atoms with E-state index in [4.69, 9.17) is 10.0 Å². The van der Waals surface area contributed by atoms with Crippen LogP contribution < -0.4 is 5.46 Å². The molecule has 2 rings (SSSR count). The summed E-state index contributed by atoms with van der Waals surface area (Å²) < 4.78 is 13.4. The van der Waals surface area contributed by atoms with Gasteiger partial charge in [0.05, 0.1) is 0 Å². The molecule has 2 aromatic carbocycles. The molecule has 2 aromatic rings. The summed E-state index contributed by atoms with van der Waals surface area (Å²) in [7, 11) is -1.73. The summed E-state index contributed by atoms with van der Waals surface area (Å²) in [5.74, 6) is -0.563. The van der Waals surface area contributed by atoms with E-state index in [1.54, 1.807) is 24.3 Å². The number of carbonyl (C=O) groups excluding carboxylic acids is 1. The molecule has 0 aliphatic heterocycles. The van der Waals surface area contributed by atoms with Gasteiger partial charge in [0.15, 0.2) is 0 Å². The number of carbonyl (C=O) groups is 1. The molecule has 0 radical (unpaired) electrons. The molecule has 0 aliphatic rings. The molecule has 0 amide bonds. The fourth-order valence-corrected chi connectivity index (χ4v) is 1.72. The van der Waals surface area contributed by atoms with Crippen molar-refractivity contribution in [2.45, 2.75) is 0 Å². The first-order valence-corrected chi connectivity index (χ1v) is 5.32. The van der Waals surface area contributed by atoms with E-state index >= 15 is 0 Å². The highest BCUT2D eigenvalue weighted by Crippen LogP contribution is 2.20. The van der Waals surface area contributed by atoms with E-state index in [-0.39, 0.29) is 5.46 Å². The normalized spacial score (nSPS) is 10.2. The van der Waals surface area contributed by atoms with Crippen LogP contribution in [0.5, 0.6) is 0 Å². The Balaban J connectivity index is 2.52. The minimum absolute atomic E-state index is 0.0708. The maximum Gasteiger partial charge on any atom is 0.488 e. The average molecular weight is 244 g/mol. The second-order valence-electron chi connectivity index (χ2n) is 3.89. The van der Waals surface area contributed by atoms with Crippen LogP contribution in [-0.4, -0.2) is 23.5 Å². The third-order valence-corrected chi connectivity index (χ3v) is 2.57. The first-order chi connectivity index (χ1) is 8.60. The Labute approximate surface area is 104 Å². The zero-order valence-corrected chi connectivity index (χ0v) is 9.38. The van der Waals surface area contributed by atoms with Crippen molar-refractivity contribution in [3.8, 4) is 11.1 Å². The zero-order valence-electron chi connectivity index (χ0n) is 9.38. The van der Waals surface area contributed by atoms with Crippen LogP contribution in [0, 0.1) is 5.82 Å². The van der Waals surface area contributed by atoms with Crippen LogP contribution in [-0.2, 0) is 0 Å². The third kappa shape index (κ3) is 2.64. The molecule has 18 heavy (non-hydrogen) atoms. The van der Waals surface area contributed by atoms with Crippen molar-refractivity contribution < 1.29 is 19.2 Å². The molecule has 3 nitrogen and oxygen atoms in total. The van der Waals surface area contributed by atoms with Gasteiger partial charge in [0.2, 0.25) is 0 Å². The second kappa shape index (κ2) is 5.12. The van der Waals surface area contributed by atoms with Gasteiger partial charge in [-0.05, 0) is 34.8 Å². The summed E-state index contributed by atoms with van der Waals surface area (Å²) >= 11 is 0. The molecule has 0 fully saturated rings. The number of aldehydes is 1. The van der Waals surface area contributed by atoms with Gasteiger partial charge in [-0.25, -0.2) is 4.39 Å². The SMILES string of the molecule is O=Cc1cccc(-c2cc(F)cc(B(O)O)c2)c1. The maximum atomic E-state index is 13.4. The van der Waals surface area contributed by atoms with Gasteiger partial charge in [-0.15, -0.1) is 0 Å². The van der Waals surface area contributed by atoms with Crippen LogP contribution in [0.1, 0.15) is 10.4 Å². The van der Waals surface area contributed by atoms with Crippen LogP contribution >= 0.6 is 0 Å². The quantitative estimate of drug-likeness (QED) is 0.625. The minimum Gasteiger partial charge on any atom is -0.423 e. The van der Waals surface area contributed by atoms with Crippen LogP contribution in [0.4, 0.5) is 4.39 Å². The van der Waals surface area contributed by atoms with Gasteiger partial charge in [-0.2, -0.15) is 0 Å². The molecule has 5 heteroatoms. The third-order valence-electron chi connectivity index (χ3n) is 2.57. The fourth-order valence-electron chi connectivity index (χ4n) is 1.72. The Bertz CT molecular complexity index is 584. The van der Waals surface area contributed by atoms with Crippen molar-refractivity contribution >= 4 is 18.9 Å². The van der Waals surface area contributed by atoms with Crippen LogP contribution in [0.3, 0.4) is 0 Å². The summed E-state index contributed by atoms with van der Waals surface area (Å²) in [5.41, 5.74) is 1.67. The minimum atomic E-state index is -1.73. The van der Waals surface area contributed by atoms with E-state index in [9.17, 15) is 9.18 Å². The van der Waals surface area contributed by atoms with Gasteiger partial charge in [-0.1, -0.05) is 24.3 Å². The monoisotopic (exact) mass is 244 g/mol. The van der Waals surface area contributed by atoms with Crippen LogP contribution in [0.15, 0.2) is 42.5 Å². The predicted molar refractivity (Wildman–Crippen MR) is 67.0 cm³/mol. The van der Waals surface area contributed by atoms with Gasteiger partial charge in [0.25, 0.3) is 0 Å². The Morgan fingerprint density at radius 2 is 1.83 bits per heavy atom. The molecular weight excluding hydrogens is 234 g/mol. The number of halogens is 1. The average Bonchev–Trinajstić information content (AvgIpc) is 2.38. The molecule has 0 aromatic heterocycles. The highest BCUT2D eigenvalue weighted by Gasteiger charge is 2.13. The lowest BCUT2D eigenvalue weighted by Crippen LogP contribution is -2.30. The first-order valence-electron chi connectivity index (χ1n) is 5.32. The molecule has 0 spiro atoms. The Hall–Kier alpha value is -1.98. The Kier molecular flexibility index (Phi) is 3.55. The summed E-state index contributed by atoms with van der Waals surface area (Å²) in [4.78, 5) is 10.7. The lowest BCUT2D eigenvalue weighted by atomic mass is 9.79. The summed E-state index contributed by atoms with van der Waals surface area (Å²) in [6.45, 7) is 0. The zero-order chi connectivity index (χ0) is 13.1. The Morgan fingerprint density at radius 1 is 1.06 bits per heavy atom. The molecule has 0 atom stereocenters. The van der Waals surface area contributed by atoms with E-state index in [2.05, 4.69) is 0 Å². The first kappa shape index (κ1) is 12.5. The van der Waals surface area contributed by atoms with Gasteiger partial charge in [-0.3, -0.25) is 4.79 Å². The van der Waals surface area contributed by atoms with E-state index in [1.165, 1.54) is 12.1 Å². The Morgan fingerprint density at radius 3 is 2.50 bits per heavy atom. The fraction of sp³-hybridized carbons (Fsp3) is 0. The van der Waals surface area contributed by atoms with Crippen molar-refractivity contribution in [1.29, 1.82) is 0 Å². The molecule has 0 aliphatic carbocycles. The molecule has 90 valence electrons. The highest BCUT2D eigenvalue weighted by atomic mass is 19.1. The van der Waals surface area contributed by atoms with Gasteiger partial charge >= 0.3 is 7.12 Å². The smallest absolute Gasteiger partial charge is 0.423 e. The van der Waals surface area contributed by atoms with Gasteiger partial charge < -0.3 is 10.0 Å². The van der Waals surface area contributed by atoms with Crippen molar-refractivity contribution in [2.24, 2.45) is 0 Å². The van der Waals surface area contributed by atoms with E-state index < -0.39 is 12.9 Å². The highest BCUT2D eigenvalue weighted by molar-refractivity contribution is 6.58. The van der Waals surface area contributed by atoms with E-state index in [1.807, 2.05) is 0 Å². The number of rotatable bonds is 3. The maximum absolute atomic E-state index is 13.4. The van der Waals surface area contributed by atoms with Crippen LogP contribution in [0.25, 0.3) is 11.1 Å². The van der Waals surface area contributed by atoms with Gasteiger partial charge in [0.1, 0.15) is 12.1 Å². The number of hydrogen-bond donors (Lipinski definition) is 2. The van der Waals surface area contributed by atoms with Crippen molar-refractivity contribution in [2.75, 3.05) is 0 Å². The molecule has 0 unspecified atom stereocenters. The lowest BCUT2D eigenvalue weighted by molar-refractivity contribution is 0.112. The lowest BCUT2D eigenvalue weighted by Gasteiger charge is -2.06. The predicted octanol–water partition coefficient (Wildman–Crippen LogP) is 0.985. The van der Waals surface area contributed by atoms with Crippen molar-refractivity contribution in [3.63, 3.8) is 0 Å². The summed E-state index contributed by atoms with van der Waals surface area (Å²) in [6.07, 6.45) is 0.699. The standard InChI is InChI=1S/C13H10BFO3/c15-13-6-11(5-12(7-13)14(17)18)10-3-1-2-9(4-10)8-16/h1-8,17-18H. The summed E-state index contributed by atoms with van der Waals surface area (Å²) in [5, 5.41) is 18.1. The molecular formula is C13H10BFO3. The number of benzene rings is 2. The molecule has 0 bridgehead atoms. The van der Waals surface area contributed by atoms with Crippen molar-refractivity contribution in [3.05, 3.63) is 53.8 Å². The largest absolute Gasteiger partial charge is 0.488 e. The topological polar surface area (TPSA) is 57.5 Å². The second-order valence-corrected chi connectivity index (χ2v) is 3.89. The molecule has 0 saturated heterocycles. The molecule has 2 N–H and O–H groups in total.